The SMILES string of the molecule is Cc1noc(C)c1Cc1ccc(C(=O)N2CCCN(C(=O)OC(C)(C)C)CC2)o1. The molecule has 0 bridgehead atoms. The number of furan rings is 1. The van der Waals surface area contributed by atoms with Gasteiger partial charge in [0.15, 0.2) is 5.76 Å². The molecule has 0 spiro atoms. The summed E-state index contributed by atoms with van der Waals surface area (Å²) >= 11 is 0. The van der Waals surface area contributed by atoms with Crippen LogP contribution in [0.1, 0.15) is 60.5 Å². The van der Waals surface area contributed by atoms with Crippen LogP contribution < -0.4 is 0 Å². The summed E-state index contributed by atoms with van der Waals surface area (Å²) in [5.74, 6) is 1.58. The van der Waals surface area contributed by atoms with Crippen LogP contribution in [0.3, 0.4) is 0 Å². The Morgan fingerprint density at radius 2 is 1.79 bits per heavy atom. The van der Waals surface area contributed by atoms with Crippen LogP contribution in [0, 0.1) is 13.8 Å². The third-order valence-electron chi connectivity index (χ3n) is 4.84. The minimum absolute atomic E-state index is 0.166. The molecule has 2 aromatic rings. The van der Waals surface area contributed by atoms with E-state index in [0.717, 1.165) is 17.0 Å². The van der Waals surface area contributed by atoms with Crippen molar-refractivity contribution < 1.29 is 23.3 Å². The molecular formula is C21H29N3O5. The van der Waals surface area contributed by atoms with Crippen molar-refractivity contribution in [1.29, 1.82) is 0 Å². The summed E-state index contributed by atoms with van der Waals surface area (Å²) in [5, 5.41) is 3.95. The molecule has 1 fully saturated rings. The summed E-state index contributed by atoms with van der Waals surface area (Å²) in [6.45, 7) is 11.3. The number of aromatic nitrogens is 1. The topological polar surface area (TPSA) is 89.0 Å². The molecule has 3 heterocycles. The zero-order valence-corrected chi connectivity index (χ0v) is 17.8. The molecule has 2 amide bonds. The van der Waals surface area contributed by atoms with Crippen LogP contribution in [0.4, 0.5) is 4.79 Å². The maximum atomic E-state index is 12.9. The third-order valence-corrected chi connectivity index (χ3v) is 4.84. The van der Waals surface area contributed by atoms with Gasteiger partial charge in [0.05, 0.1) is 5.69 Å². The van der Waals surface area contributed by atoms with Crippen molar-refractivity contribution in [2.75, 3.05) is 26.2 Å². The normalized spacial score (nSPS) is 15.3. The Morgan fingerprint density at radius 1 is 1.10 bits per heavy atom. The summed E-state index contributed by atoms with van der Waals surface area (Å²) in [6, 6.07) is 3.51. The van der Waals surface area contributed by atoms with Crippen LogP contribution in [0.15, 0.2) is 21.1 Å². The first-order valence-electron chi connectivity index (χ1n) is 9.91. The average molecular weight is 403 g/mol. The fourth-order valence-corrected chi connectivity index (χ4v) is 3.30. The molecule has 2 aromatic heterocycles. The summed E-state index contributed by atoms with van der Waals surface area (Å²) in [4.78, 5) is 28.5. The van der Waals surface area contributed by atoms with Crippen molar-refractivity contribution in [2.45, 2.75) is 53.1 Å². The van der Waals surface area contributed by atoms with E-state index in [2.05, 4.69) is 5.16 Å². The second kappa shape index (κ2) is 8.31. The van der Waals surface area contributed by atoms with Gasteiger partial charge in [0.2, 0.25) is 0 Å². The van der Waals surface area contributed by atoms with Gasteiger partial charge in [-0.1, -0.05) is 5.16 Å². The highest BCUT2D eigenvalue weighted by Crippen LogP contribution is 2.20. The highest BCUT2D eigenvalue weighted by molar-refractivity contribution is 5.91. The van der Waals surface area contributed by atoms with E-state index >= 15 is 0 Å². The lowest BCUT2D eigenvalue weighted by Gasteiger charge is -2.26. The van der Waals surface area contributed by atoms with E-state index in [4.69, 9.17) is 13.7 Å². The van der Waals surface area contributed by atoms with Crippen molar-refractivity contribution in [1.82, 2.24) is 15.0 Å². The molecule has 158 valence electrons. The molecule has 0 radical (unpaired) electrons. The maximum absolute atomic E-state index is 12.9. The molecule has 0 atom stereocenters. The first-order valence-corrected chi connectivity index (χ1v) is 9.91. The molecule has 1 aliphatic rings. The molecular weight excluding hydrogens is 374 g/mol. The fraction of sp³-hybridized carbons (Fsp3) is 0.571. The number of hydrogen-bond donors (Lipinski definition) is 0. The maximum Gasteiger partial charge on any atom is 0.410 e. The van der Waals surface area contributed by atoms with Crippen LogP contribution in [-0.2, 0) is 11.2 Å². The van der Waals surface area contributed by atoms with Crippen LogP contribution in [0.5, 0.6) is 0 Å². The smallest absolute Gasteiger partial charge is 0.410 e. The molecule has 1 aliphatic heterocycles. The van der Waals surface area contributed by atoms with Gasteiger partial charge in [-0.05, 0) is 53.2 Å². The summed E-state index contributed by atoms with van der Waals surface area (Å²) in [5.41, 5.74) is 1.26. The highest BCUT2D eigenvalue weighted by atomic mass is 16.6. The summed E-state index contributed by atoms with van der Waals surface area (Å²) < 4.78 is 16.4. The molecule has 0 N–H and O–H groups in total. The van der Waals surface area contributed by atoms with E-state index in [1.54, 1.807) is 15.9 Å². The van der Waals surface area contributed by atoms with E-state index in [1.807, 2.05) is 40.7 Å². The van der Waals surface area contributed by atoms with Gasteiger partial charge in [0.25, 0.3) is 5.91 Å². The Morgan fingerprint density at radius 3 is 2.45 bits per heavy atom. The Kier molecular flexibility index (Phi) is 6.00. The molecule has 29 heavy (non-hydrogen) atoms. The number of nitrogens with zero attached hydrogens (tertiary/aromatic N) is 3. The molecule has 8 nitrogen and oxygen atoms in total. The number of carbonyl (C=O) groups excluding carboxylic acids is 2. The van der Waals surface area contributed by atoms with Gasteiger partial charge in [-0.2, -0.15) is 0 Å². The van der Waals surface area contributed by atoms with Crippen molar-refractivity contribution in [3.63, 3.8) is 0 Å². The van der Waals surface area contributed by atoms with Gasteiger partial charge >= 0.3 is 6.09 Å². The predicted octanol–water partition coefficient (Wildman–Crippen LogP) is 3.56. The largest absolute Gasteiger partial charge is 0.456 e. The van der Waals surface area contributed by atoms with Crippen LogP contribution in [-0.4, -0.2) is 58.7 Å². The monoisotopic (exact) mass is 403 g/mol. The van der Waals surface area contributed by atoms with Crippen LogP contribution in [0.2, 0.25) is 0 Å². The quantitative estimate of drug-likeness (QED) is 0.779. The zero-order chi connectivity index (χ0) is 21.2. The van der Waals surface area contributed by atoms with Gasteiger partial charge in [0.1, 0.15) is 17.1 Å². The second-order valence-corrected chi connectivity index (χ2v) is 8.36. The second-order valence-electron chi connectivity index (χ2n) is 8.36. The van der Waals surface area contributed by atoms with E-state index in [1.165, 1.54) is 0 Å². The highest BCUT2D eigenvalue weighted by Gasteiger charge is 2.27. The zero-order valence-electron chi connectivity index (χ0n) is 17.8. The minimum atomic E-state index is -0.537. The molecule has 3 rings (SSSR count). The molecule has 8 heteroatoms. The lowest BCUT2D eigenvalue weighted by Crippen LogP contribution is -2.40. The van der Waals surface area contributed by atoms with Gasteiger partial charge in [-0.15, -0.1) is 0 Å². The first-order chi connectivity index (χ1) is 13.6. The number of aryl methyl sites for hydroxylation is 2. The first kappa shape index (κ1) is 21.0. The summed E-state index contributed by atoms with van der Waals surface area (Å²) in [6.07, 6.45) is 0.880. The number of carbonyl (C=O) groups is 2. The van der Waals surface area contributed by atoms with Gasteiger partial charge < -0.3 is 23.5 Å². The number of rotatable bonds is 3. The molecule has 1 saturated heterocycles. The average Bonchev–Trinajstić information content (AvgIpc) is 3.12. The van der Waals surface area contributed by atoms with Gasteiger partial charge in [0, 0.05) is 38.2 Å². The lowest BCUT2D eigenvalue weighted by molar-refractivity contribution is 0.0255. The molecule has 0 aliphatic carbocycles. The van der Waals surface area contributed by atoms with Gasteiger partial charge in [-0.3, -0.25) is 4.79 Å². The minimum Gasteiger partial charge on any atom is -0.456 e. The standard InChI is InChI=1S/C21H29N3O5/c1-14-17(15(2)29-22-14)13-16-7-8-18(27-16)19(25)23-9-6-10-24(12-11-23)20(26)28-21(3,4)5/h7-8H,6,9-13H2,1-5H3. The summed E-state index contributed by atoms with van der Waals surface area (Å²) in [7, 11) is 0. The van der Waals surface area contributed by atoms with Crippen LogP contribution in [0.25, 0.3) is 0 Å². The Labute approximate surface area is 170 Å². The fourth-order valence-electron chi connectivity index (χ4n) is 3.30. The van der Waals surface area contributed by atoms with E-state index in [-0.39, 0.29) is 12.0 Å². The Balaban J connectivity index is 1.61. The third kappa shape index (κ3) is 5.19. The van der Waals surface area contributed by atoms with Crippen molar-refractivity contribution in [3.8, 4) is 0 Å². The Hall–Kier alpha value is -2.77. The van der Waals surface area contributed by atoms with E-state index < -0.39 is 5.60 Å². The van der Waals surface area contributed by atoms with Crippen molar-refractivity contribution in [2.24, 2.45) is 0 Å². The molecule has 0 saturated carbocycles. The molecule has 0 unspecified atom stereocenters. The number of ether oxygens (including phenoxy) is 1. The lowest BCUT2D eigenvalue weighted by atomic mass is 10.1. The van der Waals surface area contributed by atoms with Crippen LogP contribution >= 0.6 is 0 Å². The van der Waals surface area contributed by atoms with E-state index in [0.29, 0.717) is 50.5 Å². The van der Waals surface area contributed by atoms with Gasteiger partial charge in [-0.25, -0.2) is 4.79 Å². The van der Waals surface area contributed by atoms with E-state index in [9.17, 15) is 9.59 Å². The number of hydrogen-bond acceptors (Lipinski definition) is 6. The predicted molar refractivity (Wildman–Crippen MR) is 106 cm³/mol. The van der Waals surface area contributed by atoms with Crippen molar-refractivity contribution >= 4 is 12.0 Å². The number of amides is 2. The Bertz CT molecular complexity index is 858. The molecule has 0 aromatic carbocycles. The van der Waals surface area contributed by atoms with Crippen molar-refractivity contribution in [3.05, 3.63) is 40.7 Å².